The molecule has 0 amide bonds. The summed E-state index contributed by atoms with van der Waals surface area (Å²) in [6, 6.07) is -0.401. The first-order valence-corrected chi connectivity index (χ1v) is 2.84. The van der Waals surface area contributed by atoms with Gasteiger partial charge in [0.25, 0.3) is 6.43 Å². The Morgan fingerprint density at radius 3 is 2.50 bits per heavy atom. The summed E-state index contributed by atoms with van der Waals surface area (Å²) in [4.78, 5) is 10.1. The summed E-state index contributed by atoms with van der Waals surface area (Å²) in [5.41, 5.74) is 0. The molecule has 0 aromatic rings. The molecule has 3 nitrogen and oxygen atoms in total. The van der Waals surface area contributed by atoms with Crippen LogP contribution in [0.3, 0.4) is 0 Å². The minimum atomic E-state index is -2.68. The fraction of sp³-hybridized carbons (Fsp3) is 0.750. The Morgan fingerprint density at radius 2 is 2.10 bits per heavy atom. The third kappa shape index (κ3) is 5.55. The highest BCUT2D eigenvalue weighted by atomic mass is 35.5. The van der Waals surface area contributed by atoms with Crippen molar-refractivity contribution in [1.29, 1.82) is 0 Å². The maximum atomic E-state index is 11.3. The summed E-state index contributed by atoms with van der Waals surface area (Å²) in [5.74, 6) is 0. The number of carbonyl (C=O) groups excluding carboxylic acids is 1. The fourth-order valence-electron chi connectivity index (χ4n) is 0.217. The summed E-state index contributed by atoms with van der Waals surface area (Å²) in [6.45, 7) is -0.963. The lowest BCUT2D eigenvalue weighted by molar-refractivity contribution is 0.0135. The van der Waals surface area contributed by atoms with Crippen LogP contribution in [0.2, 0.25) is 0 Å². The Labute approximate surface area is 60.9 Å². The van der Waals surface area contributed by atoms with Crippen molar-refractivity contribution in [3.05, 3.63) is 0 Å². The molecule has 0 aromatic carbocycles. The van der Waals surface area contributed by atoms with E-state index in [4.69, 9.17) is 11.6 Å². The molecule has 0 bridgehead atoms. The minimum absolute atomic E-state index is 0.401. The number of hydrogen-bond acceptors (Lipinski definition) is 3. The van der Waals surface area contributed by atoms with Crippen LogP contribution in [-0.2, 0) is 9.47 Å². The maximum absolute atomic E-state index is 11.3. The monoisotopic (exact) mass is 174 g/mol. The molecular formula is C4H5ClF2O3. The molecule has 0 unspecified atom stereocenters. The van der Waals surface area contributed by atoms with Crippen molar-refractivity contribution >= 4 is 17.8 Å². The molecule has 0 aliphatic rings. The molecule has 0 saturated carbocycles. The molecule has 0 aliphatic heterocycles. The average Bonchev–Trinajstić information content (AvgIpc) is 1.85. The van der Waals surface area contributed by atoms with Gasteiger partial charge in [0.1, 0.15) is 0 Å². The summed E-state index contributed by atoms with van der Waals surface area (Å²) < 4.78 is 30.4. The van der Waals surface area contributed by atoms with Crippen LogP contribution in [0.5, 0.6) is 0 Å². The molecule has 0 fully saturated rings. The molecule has 10 heavy (non-hydrogen) atoms. The van der Waals surface area contributed by atoms with E-state index in [1.807, 2.05) is 0 Å². The lowest BCUT2D eigenvalue weighted by Crippen LogP contribution is -2.12. The summed E-state index contributed by atoms with van der Waals surface area (Å²) in [6.07, 6.45) is -3.86. The van der Waals surface area contributed by atoms with Crippen molar-refractivity contribution in [3.8, 4) is 0 Å². The van der Waals surface area contributed by atoms with Gasteiger partial charge in [0.2, 0.25) is 0 Å². The Kier molecular flexibility index (Phi) is 4.92. The highest BCUT2D eigenvalue weighted by Crippen LogP contribution is 1.94. The van der Waals surface area contributed by atoms with E-state index in [2.05, 4.69) is 9.47 Å². The fourth-order valence-corrected chi connectivity index (χ4v) is 0.306. The van der Waals surface area contributed by atoms with Gasteiger partial charge in [-0.25, -0.2) is 13.6 Å². The molecule has 0 heterocycles. The van der Waals surface area contributed by atoms with Crippen LogP contribution in [0.25, 0.3) is 0 Å². The first-order chi connectivity index (χ1) is 4.66. The largest absolute Gasteiger partial charge is 0.509 e. The van der Waals surface area contributed by atoms with Crippen LogP contribution in [0.15, 0.2) is 0 Å². The zero-order valence-electron chi connectivity index (χ0n) is 4.85. The molecule has 0 saturated heterocycles. The van der Waals surface area contributed by atoms with Crippen LogP contribution in [-0.4, -0.2) is 25.3 Å². The Morgan fingerprint density at radius 1 is 1.50 bits per heavy atom. The van der Waals surface area contributed by atoms with E-state index in [1.54, 1.807) is 0 Å². The second-order valence-electron chi connectivity index (χ2n) is 1.21. The van der Waals surface area contributed by atoms with Gasteiger partial charge in [0.15, 0.2) is 12.7 Å². The molecule has 0 N–H and O–H groups in total. The molecule has 0 radical (unpaired) electrons. The minimum Gasteiger partial charge on any atom is -0.428 e. The first-order valence-electron chi connectivity index (χ1n) is 2.30. The van der Waals surface area contributed by atoms with E-state index in [0.717, 1.165) is 0 Å². The quantitative estimate of drug-likeness (QED) is 0.482. The molecule has 0 aromatic heterocycles. The summed E-state index contributed by atoms with van der Waals surface area (Å²) in [5, 5.41) is 0. The van der Waals surface area contributed by atoms with Crippen molar-refractivity contribution in [3.63, 3.8) is 0 Å². The van der Waals surface area contributed by atoms with E-state index in [9.17, 15) is 13.6 Å². The second-order valence-corrected chi connectivity index (χ2v) is 1.42. The number of hydrogen-bond donors (Lipinski definition) is 0. The Bertz CT molecular complexity index is 109. The van der Waals surface area contributed by atoms with Gasteiger partial charge in [-0.15, -0.1) is 0 Å². The van der Waals surface area contributed by atoms with E-state index in [0.29, 0.717) is 0 Å². The molecule has 0 spiro atoms. The van der Waals surface area contributed by atoms with Crippen molar-refractivity contribution in [2.45, 2.75) is 6.43 Å². The van der Waals surface area contributed by atoms with Gasteiger partial charge >= 0.3 is 6.16 Å². The summed E-state index contributed by atoms with van der Waals surface area (Å²) >= 11 is 4.90. The summed E-state index contributed by atoms with van der Waals surface area (Å²) in [7, 11) is 0. The normalized spacial score (nSPS) is 9.60. The third-order valence-electron chi connectivity index (χ3n) is 0.500. The van der Waals surface area contributed by atoms with Gasteiger partial charge in [0, 0.05) is 0 Å². The van der Waals surface area contributed by atoms with Gasteiger partial charge < -0.3 is 9.47 Å². The van der Waals surface area contributed by atoms with Crippen molar-refractivity contribution in [1.82, 2.24) is 0 Å². The molecule has 0 atom stereocenters. The van der Waals surface area contributed by atoms with E-state index < -0.39 is 25.3 Å². The topological polar surface area (TPSA) is 35.5 Å². The highest BCUT2D eigenvalue weighted by molar-refractivity contribution is 6.17. The molecule has 60 valence electrons. The third-order valence-corrected chi connectivity index (χ3v) is 0.609. The SMILES string of the molecule is O=C(OCCl)OCC(F)F. The molecule has 6 heteroatoms. The predicted octanol–water partition coefficient (Wildman–Crippen LogP) is 1.60. The van der Waals surface area contributed by atoms with Crippen molar-refractivity contribution < 1.29 is 23.0 Å². The van der Waals surface area contributed by atoms with Gasteiger partial charge in [-0.1, -0.05) is 11.6 Å². The predicted molar refractivity (Wildman–Crippen MR) is 29.2 cm³/mol. The molecule has 0 aliphatic carbocycles. The van der Waals surface area contributed by atoms with Gasteiger partial charge in [-0.05, 0) is 0 Å². The van der Waals surface area contributed by atoms with Crippen LogP contribution in [0.1, 0.15) is 0 Å². The lowest BCUT2D eigenvalue weighted by Gasteiger charge is -2.01. The average molecular weight is 175 g/mol. The van der Waals surface area contributed by atoms with E-state index in [-0.39, 0.29) is 0 Å². The number of carbonyl (C=O) groups is 1. The van der Waals surface area contributed by atoms with E-state index in [1.165, 1.54) is 0 Å². The Hall–Kier alpha value is -0.580. The van der Waals surface area contributed by atoms with Crippen LogP contribution in [0, 0.1) is 0 Å². The lowest BCUT2D eigenvalue weighted by atomic mass is 10.8. The van der Waals surface area contributed by atoms with Crippen molar-refractivity contribution in [2.75, 3.05) is 12.7 Å². The standard InChI is InChI=1S/C4H5ClF2O3/c5-2-10-4(8)9-1-3(6)7/h3H,1-2H2. The number of halogens is 3. The number of alkyl halides is 3. The van der Waals surface area contributed by atoms with Gasteiger partial charge in [-0.3, -0.25) is 0 Å². The van der Waals surface area contributed by atoms with Crippen LogP contribution >= 0.6 is 11.6 Å². The maximum Gasteiger partial charge on any atom is 0.509 e. The van der Waals surface area contributed by atoms with Crippen molar-refractivity contribution in [2.24, 2.45) is 0 Å². The molecule has 0 rings (SSSR count). The highest BCUT2D eigenvalue weighted by Gasteiger charge is 2.07. The van der Waals surface area contributed by atoms with Crippen LogP contribution < -0.4 is 0 Å². The van der Waals surface area contributed by atoms with Gasteiger partial charge in [-0.2, -0.15) is 0 Å². The smallest absolute Gasteiger partial charge is 0.428 e. The second kappa shape index (κ2) is 5.22. The van der Waals surface area contributed by atoms with Crippen LogP contribution in [0.4, 0.5) is 13.6 Å². The number of ether oxygens (including phenoxy) is 2. The zero-order valence-corrected chi connectivity index (χ0v) is 5.61. The zero-order chi connectivity index (χ0) is 7.98. The van der Waals surface area contributed by atoms with Gasteiger partial charge in [0.05, 0.1) is 0 Å². The first kappa shape index (κ1) is 9.42. The molecular weight excluding hydrogens is 169 g/mol. The van der Waals surface area contributed by atoms with E-state index >= 15 is 0 Å². The number of rotatable bonds is 3. The Balaban J connectivity index is 3.22.